The Balaban J connectivity index is 2.04. The van der Waals surface area contributed by atoms with E-state index in [9.17, 15) is 0 Å². The van der Waals surface area contributed by atoms with Crippen molar-refractivity contribution in [2.24, 2.45) is 0 Å². The molecular formula is C14H21N3OS. The molecule has 0 aliphatic rings. The molecule has 1 atom stereocenters. The lowest BCUT2D eigenvalue weighted by Gasteiger charge is -2.15. The highest BCUT2D eigenvalue weighted by Gasteiger charge is 2.08. The highest BCUT2D eigenvalue weighted by molar-refractivity contribution is 7.22. The van der Waals surface area contributed by atoms with Gasteiger partial charge in [0.25, 0.3) is 0 Å². The van der Waals surface area contributed by atoms with E-state index >= 15 is 0 Å². The summed E-state index contributed by atoms with van der Waals surface area (Å²) in [6.45, 7) is 3.27. The van der Waals surface area contributed by atoms with Crippen LogP contribution in [0.4, 0.5) is 5.13 Å². The van der Waals surface area contributed by atoms with Crippen LogP contribution in [-0.2, 0) is 0 Å². The van der Waals surface area contributed by atoms with Gasteiger partial charge in [-0.2, -0.15) is 0 Å². The van der Waals surface area contributed by atoms with Gasteiger partial charge in [-0.25, -0.2) is 4.98 Å². The minimum absolute atomic E-state index is 0.421. The number of hydrogen-bond donors (Lipinski definition) is 1. The molecule has 0 fully saturated rings. The first-order chi connectivity index (χ1) is 9.08. The third kappa shape index (κ3) is 3.81. The van der Waals surface area contributed by atoms with Crippen LogP contribution in [0.5, 0.6) is 5.75 Å². The first kappa shape index (κ1) is 14.1. The van der Waals surface area contributed by atoms with Gasteiger partial charge in [0, 0.05) is 6.04 Å². The molecule has 0 radical (unpaired) electrons. The highest BCUT2D eigenvalue weighted by Crippen LogP contribution is 2.29. The summed E-state index contributed by atoms with van der Waals surface area (Å²) in [7, 11) is 5.87. The van der Waals surface area contributed by atoms with Crippen molar-refractivity contribution in [1.82, 2.24) is 9.88 Å². The summed E-state index contributed by atoms with van der Waals surface area (Å²) in [6.07, 6.45) is 1.10. The van der Waals surface area contributed by atoms with Gasteiger partial charge < -0.3 is 15.0 Å². The van der Waals surface area contributed by atoms with Crippen molar-refractivity contribution in [2.45, 2.75) is 19.4 Å². The van der Waals surface area contributed by atoms with E-state index in [1.807, 2.05) is 18.2 Å². The van der Waals surface area contributed by atoms with Gasteiger partial charge in [0.05, 0.1) is 17.3 Å². The van der Waals surface area contributed by atoms with E-state index in [1.54, 1.807) is 18.4 Å². The second-order valence-corrected chi connectivity index (χ2v) is 6.02. The Hall–Kier alpha value is -1.33. The smallest absolute Gasteiger partial charge is 0.184 e. The lowest BCUT2D eigenvalue weighted by molar-refractivity contribution is 0.390. The van der Waals surface area contributed by atoms with E-state index in [-0.39, 0.29) is 0 Å². The number of rotatable bonds is 6. The molecule has 0 aliphatic carbocycles. The summed E-state index contributed by atoms with van der Waals surface area (Å²) in [5, 5.41) is 4.45. The van der Waals surface area contributed by atoms with Crippen molar-refractivity contribution in [3.8, 4) is 5.75 Å². The highest BCUT2D eigenvalue weighted by atomic mass is 32.1. The first-order valence-corrected chi connectivity index (χ1v) is 7.26. The van der Waals surface area contributed by atoms with Gasteiger partial charge in [-0.3, -0.25) is 0 Å². The van der Waals surface area contributed by atoms with Gasteiger partial charge in [0.15, 0.2) is 5.13 Å². The number of nitrogens with zero attached hydrogens (tertiary/aromatic N) is 2. The quantitative estimate of drug-likeness (QED) is 0.882. The number of benzene rings is 1. The number of anilines is 1. The number of ether oxygens (including phenoxy) is 1. The second kappa shape index (κ2) is 6.21. The summed E-state index contributed by atoms with van der Waals surface area (Å²) in [5.41, 5.74) is 1.02. The predicted molar refractivity (Wildman–Crippen MR) is 82.4 cm³/mol. The lowest BCUT2D eigenvalue weighted by Crippen LogP contribution is -2.22. The van der Waals surface area contributed by atoms with Crippen molar-refractivity contribution < 1.29 is 4.74 Å². The molecule has 1 aromatic carbocycles. The molecule has 0 saturated carbocycles. The number of fused-ring (bicyclic) bond motifs is 1. The molecule has 0 bridgehead atoms. The predicted octanol–water partition coefficient (Wildman–Crippen LogP) is 3.06. The molecule has 0 aliphatic heterocycles. The van der Waals surface area contributed by atoms with Crippen LogP contribution in [0.25, 0.3) is 10.2 Å². The van der Waals surface area contributed by atoms with Crippen molar-refractivity contribution in [3.63, 3.8) is 0 Å². The van der Waals surface area contributed by atoms with Crippen LogP contribution in [0.1, 0.15) is 13.3 Å². The van der Waals surface area contributed by atoms with Crippen molar-refractivity contribution in [1.29, 1.82) is 0 Å². The van der Waals surface area contributed by atoms with Gasteiger partial charge in [0.1, 0.15) is 5.75 Å². The molecule has 1 aromatic heterocycles. The van der Waals surface area contributed by atoms with Gasteiger partial charge in [-0.1, -0.05) is 11.3 Å². The van der Waals surface area contributed by atoms with Crippen LogP contribution < -0.4 is 10.1 Å². The maximum absolute atomic E-state index is 5.23. The topological polar surface area (TPSA) is 37.4 Å². The Morgan fingerprint density at radius 3 is 2.89 bits per heavy atom. The molecule has 19 heavy (non-hydrogen) atoms. The molecule has 2 rings (SSSR count). The van der Waals surface area contributed by atoms with Gasteiger partial charge in [-0.05, 0) is 52.2 Å². The van der Waals surface area contributed by atoms with E-state index in [4.69, 9.17) is 4.74 Å². The van der Waals surface area contributed by atoms with Crippen molar-refractivity contribution in [2.75, 3.05) is 33.1 Å². The Bertz CT molecular complexity index is 538. The monoisotopic (exact) mass is 279 g/mol. The zero-order valence-electron chi connectivity index (χ0n) is 11.9. The number of thiazole rings is 1. The lowest BCUT2D eigenvalue weighted by atomic mass is 10.2. The molecule has 0 amide bonds. The minimum Gasteiger partial charge on any atom is -0.497 e. The van der Waals surface area contributed by atoms with E-state index in [2.05, 4.69) is 36.2 Å². The van der Waals surface area contributed by atoms with Crippen molar-refractivity contribution >= 4 is 26.7 Å². The van der Waals surface area contributed by atoms with E-state index < -0.39 is 0 Å². The third-order valence-corrected chi connectivity index (χ3v) is 3.92. The average Bonchev–Trinajstić information content (AvgIpc) is 2.77. The fourth-order valence-electron chi connectivity index (χ4n) is 1.83. The van der Waals surface area contributed by atoms with Crippen LogP contribution in [-0.4, -0.2) is 43.7 Å². The molecular weight excluding hydrogens is 258 g/mol. The zero-order chi connectivity index (χ0) is 13.8. The maximum Gasteiger partial charge on any atom is 0.184 e. The Morgan fingerprint density at radius 2 is 2.21 bits per heavy atom. The maximum atomic E-state index is 5.23. The molecule has 1 heterocycles. The van der Waals surface area contributed by atoms with Crippen LogP contribution >= 0.6 is 11.3 Å². The molecule has 0 spiro atoms. The summed E-state index contributed by atoms with van der Waals surface area (Å²) in [6, 6.07) is 6.40. The molecule has 2 aromatic rings. The Kier molecular flexibility index (Phi) is 4.61. The standard InChI is InChI=1S/C14H21N3OS/c1-10(7-8-17(2)3)15-14-16-12-6-5-11(18-4)9-13(12)19-14/h5-6,9-10H,7-8H2,1-4H3,(H,15,16). The Morgan fingerprint density at radius 1 is 1.42 bits per heavy atom. The average molecular weight is 279 g/mol. The minimum atomic E-state index is 0.421. The van der Waals surface area contributed by atoms with Crippen LogP contribution in [0.15, 0.2) is 18.2 Å². The molecule has 1 unspecified atom stereocenters. The second-order valence-electron chi connectivity index (χ2n) is 4.99. The van der Waals surface area contributed by atoms with Crippen LogP contribution in [0, 0.1) is 0 Å². The van der Waals surface area contributed by atoms with Crippen LogP contribution in [0.2, 0.25) is 0 Å². The summed E-state index contributed by atoms with van der Waals surface area (Å²) in [4.78, 5) is 6.79. The molecule has 4 nitrogen and oxygen atoms in total. The molecule has 104 valence electrons. The molecule has 5 heteroatoms. The number of nitrogens with one attached hydrogen (secondary N) is 1. The molecule has 1 N–H and O–H groups in total. The van der Waals surface area contributed by atoms with Gasteiger partial charge in [-0.15, -0.1) is 0 Å². The molecule has 0 saturated heterocycles. The van der Waals surface area contributed by atoms with Crippen LogP contribution in [0.3, 0.4) is 0 Å². The van der Waals surface area contributed by atoms with E-state index in [0.29, 0.717) is 6.04 Å². The summed E-state index contributed by atoms with van der Waals surface area (Å²) in [5.74, 6) is 0.878. The SMILES string of the molecule is COc1ccc2nc(NC(C)CCN(C)C)sc2c1. The van der Waals surface area contributed by atoms with E-state index in [0.717, 1.165) is 34.1 Å². The number of methoxy groups -OCH3 is 1. The summed E-state index contributed by atoms with van der Waals surface area (Å²) < 4.78 is 6.38. The first-order valence-electron chi connectivity index (χ1n) is 6.44. The Labute approximate surface area is 118 Å². The fourth-order valence-corrected chi connectivity index (χ4v) is 2.83. The third-order valence-electron chi connectivity index (χ3n) is 2.97. The largest absolute Gasteiger partial charge is 0.497 e. The fraction of sp³-hybridized carbons (Fsp3) is 0.500. The van der Waals surface area contributed by atoms with Gasteiger partial charge >= 0.3 is 0 Å². The van der Waals surface area contributed by atoms with E-state index in [1.165, 1.54) is 0 Å². The normalized spacial score (nSPS) is 12.9. The number of hydrogen-bond acceptors (Lipinski definition) is 5. The summed E-state index contributed by atoms with van der Waals surface area (Å²) >= 11 is 1.67. The van der Waals surface area contributed by atoms with Gasteiger partial charge in [0.2, 0.25) is 0 Å². The zero-order valence-corrected chi connectivity index (χ0v) is 12.8. The number of aromatic nitrogens is 1. The van der Waals surface area contributed by atoms with Crippen molar-refractivity contribution in [3.05, 3.63) is 18.2 Å².